The van der Waals surface area contributed by atoms with Crippen LogP contribution in [0.4, 0.5) is 0 Å². The molecule has 0 spiro atoms. The van der Waals surface area contributed by atoms with Crippen molar-refractivity contribution in [1.82, 2.24) is 65.7 Å². The predicted octanol–water partition coefficient (Wildman–Crippen LogP) is 4.92. The Kier molecular flexibility index (Phi) is 59.9. The number of aryl methyl sites for hydroxylation is 4. The first kappa shape index (κ1) is 72.6. The molecule has 9 aromatic heterocycles. The summed E-state index contributed by atoms with van der Waals surface area (Å²) in [5.41, 5.74) is 4.05. The second-order valence-corrected chi connectivity index (χ2v) is 10.7. The largest absolute Gasteiger partial charge is 2.00 e. The molecule has 23 nitrogen and oxygen atoms in total. The van der Waals surface area contributed by atoms with Gasteiger partial charge in [0.25, 0.3) is 0 Å². The number of aromatic nitrogens is 13. The summed E-state index contributed by atoms with van der Waals surface area (Å²) < 4.78 is 0. The molecule has 0 saturated carbocycles. The van der Waals surface area contributed by atoms with E-state index >= 15 is 0 Å². The molecule has 27 heteroatoms. The Morgan fingerprint density at radius 2 is 0.603 bits per heavy atom. The zero-order valence-electron chi connectivity index (χ0n) is 35.1. The Morgan fingerprint density at radius 1 is 0.368 bits per heavy atom. The summed E-state index contributed by atoms with van der Waals surface area (Å²) in [4.78, 5) is 35.4. The zero-order chi connectivity index (χ0) is 44.8. The van der Waals surface area contributed by atoms with Gasteiger partial charge in [0.05, 0.1) is 10.2 Å². The van der Waals surface area contributed by atoms with Gasteiger partial charge in [0.2, 0.25) is 0 Å². The van der Waals surface area contributed by atoms with E-state index in [9.17, 15) is 0 Å². The number of hydrogen-bond donors (Lipinski definition) is 0. The van der Waals surface area contributed by atoms with Crippen LogP contribution in [0.2, 0.25) is 0 Å². The minimum absolute atomic E-state index is 0. The molecule has 0 atom stereocenters. The van der Waals surface area contributed by atoms with Gasteiger partial charge in [-0.3, -0.25) is 24.9 Å². The van der Waals surface area contributed by atoms with Crippen LogP contribution in [0.25, 0.3) is 0 Å². The van der Waals surface area contributed by atoms with Crippen LogP contribution in [0.5, 0.6) is 0 Å². The van der Waals surface area contributed by atoms with Crippen LogP contribution in [0, 0.1) is 30.6 Å². The van der Waals surface area contributed by atoms with Crippen molar-refractivity contribution in [2.24, 2.45) is 0 Å². The number of nitrogens with zero attached hydrogens (tertiary/aromatic N) is 15. The molecular formula is C41H43Cu4N15O8. The molecule has 374 valence electrons. The van der Waals surface area contributed by atoms with E-state index in [1.54, 1.807) is 86.8 Å². The van der Waals surface area contributed by atoms with Crippen molar-refractivity contribution in [3.05, 3.63) is 255 Å². The first-order valence-electron chi connectivity index (χ1n) is 18.0. The maximum absolute atomic E-state index is 8.25. The summed E-state index contributed by atoms with van der Waals surface area (Å²) in [5, 5.41) is 60.1. The average molecular weight is 1130 g/mol. The van der Waals surface area contributed by atoms with E-state index in [-0.39, 0.29) is 79.2 Å². The van der Waals surface area contributed by atoms with E-state index in [1.165, 1.54) is 0 Å². The summed E-state index contributed by atoms with van der Waals surface area (Å²) in [6.45, 7) is 0. The average Bonchev–Trinajstić information content (AvgIpc) is 4.20. The molecule has 0 saturated heterocycles. The molecule has 9 aromatic rings. The first-order chi connectivity index (χ1) is 30.4. The van der Waals surface area contributed by atoms with Gasteiger partial charge >= 0.3 is 68.3 Å². The smallest absolute Gasteiger partial charge is 0.870 e. The third-order valence-corrected chi connectivity index (χ3v) is 6.19. The summed E-state index contributed by atoms with van der Waals surface area (Å²) >= 11 is 0. The fourth-order valence-electron chi connectivity index (χ4n) is 3.65. The van der Waals surface area contributed by atoms with Gasteiger partial charge < -0.3 is 82.4 Å². The summed E-state index contributed by atoms with van der Waals surface area (Å²) in [7, 11) is 0. The van der Waals surface area contributed by atoms with Crippen LogP contribution < -0.4 is 20.4 Å². The van der Waals surface area contributed by atoms with Crippen LogP contribution in [-0.2, 0) is 94.0 Å². The third kappa shape index (κ3) is 53.3. The van der Waals surface area contributed by atoms with Gasteiger partial charge in [-0.25, -0.2) is 0 Å². The molecule has 0 unspecified atom stereocenters. The molecule has 0 bridgehead atoms. The van der Waals surface area contributed by atoms with Crippen LogP contribution in [0.1, 0.15) is 22.8 Å². The molecule has 0 aliphatic rings. The Labute approximate surface area is 433 Å². The monoisotopic (exact) mass is 1130 g/mol. The van der Waals surface area contributed by atoms with Gasteiger partial charge in [0, 0.05) is 85.7 Å². The van der Waals surface area contributed by atoms with E-state index in [4.69, 9.17) is 30.6 Å². The van der Waals surface area contributed by atoms with Gasteiger partial charge in [-0.15, -0.1) is 11.4 Å². The molecule has 0 aliphatic carbocycles. The van der Waals surface area contributed by atoms with Crippen molar-refractivity contribution < 1.29 is 89.4 Å². The van der Waals surface area contributed by atoms with Crippen molar-refractivity contribution >= 4 is 0 Å². The molecule has 0 aliphatic heterocycles. The first-order valence-corrected chi connectivity index (χ1v) is 18.0. The summed E-state index contributed by atoms with van der Waals surface area (Å²) in [6, 6.07) is 36.2. The van der Waals surface area contributed by atoms with Gasteiger partial charge in [0.15, 0.2) is 0 Å². The Balaban J connectivity index is -0.000000161. The maximum Gasteiger partial charge on any atom is 2.00 e. The standard InChI is InChI=1S/2C8H8N4.5C5H5N.4Cu.2NO3.2H2O/c2*1(7-3-5-9-11-7)2-8-4-6-10-12-8;5*1-2-4-6-5-3-1;;;;;2*2-1(3)4;;/h2*3-6H,1-2H2;5*1-5H;;;;;;;2*1H2/q2*-2;;;;;;4*+2;2*-1;;/p-2. The molecule has 9 heterocycles. The van der Waals surface area contributed by atoms with Crippen LogP contribution in [0.15, 0.2) is 202 Å². The maximum atomic E-state index is 8.25. The van der Waals surface area contributed by atoms with Crippen molar-refractivity contribution in [1.29, 1.82) is 0 Å². The fraction of sp³-hybridized carbons (Fsp3) is 0.0976. The van der Waals surface area contributed by atoms with E-state index in [1.807, 2.05) is 115 Å². The third-order valence-electron chi connectivity index (χ3n) is 6.19. The fourth-order valence-corrected chi connectivity index (χ4v) is 3.65. The van der Waals surface area contributed by atoms with Crippen molar-refractivity contribution in [3.8, 4) is 0 Å². The molecule has 0 amide bonds. The van der Waals surface area contributed by atoms with Gasteiger partial charge in [-0.1, -0.05) is 54.6 Å². The topological polar surface area (TPSA) is 365 Å². The number of hydrogen-bond acceptors (Lipinski definition) is 17. The van der Waals surface area contributed by atoms with Crippen LogP contribution >= 0.6 is 0 Å². The minimum Gasteiger partial charge on any atom is -0.870 e. The Morgan fingerprint density at radius 3 is 0.735 bits per heavy atom. The quantitative estimate of drug-likeness (QED) is 0.121. The second kappa shape index (κ2) is 56.1. The molecule has 9 rings (SSSR count). The SMILES string of the molecule is O=[N+]([O-])[O-].O=[N+]([O-])[O-].[Cu+2].[Cu+2].[Cu+2].[Cu+2].[OH-].[OH-].c1cc(CCc2cc[n-]n2)[n-]n1.c1cc(CCc2cc[n-]n2)[n-]n1.c1ccncc1.c1ccncc1.c1ccncc1.c1ccncc1.c1ccncc1. The summed E-state index contributed by atoms with van der Waals surface area (Å²) in [5.74, 6) is 0. The Bertz CT molecular complexity index is 1720. The molecule has 0 fully saturated rings. The Hall–Kier alpha value is -7.01. The zero-order valence-corrected chi connectivity index (χ0v) is 38.9. The minimum atomic E-state index is -1.75. The van der Waals surface area contributed by atoms with E-state index < -0.39 is 10.2 Å². The van der Waals surface area contributed by atoms with Crippen molar-refractivity contribution in [2.75, 3.05) is 0 Å². The van der Waals surface area contributed by atoms with Gasteiger partial charge in [-0.05, 0) is 86.3 Å². The molecule has 4 radical (unpaired) electrons. The molecule has 0 aromatic carbocycles. The van der Waals surface area contributed by atoms with Gasteiger partial charge in [0.1, 0.15) is 0 Å². The molecule has 2 N–H and O–H groups in total. The van der Waals surface area contributed by atoms with Gasteiger partial charge in [-0.2, -0.15) is 12.4 Å². The van der Waals surface area contributed by atoms with E-state index in [2.05, 4.69) is 65.7 Å². The normalized spacial score (nSPS) is 7.88. The van der Waals surface area contributed by atoms with E-state index in [0.717, 1.165) is 48.5 Å². The summed E-state index contributed by atoms with van der Waals surface area (Å²) in [6.07, 6.45) is 27.9. The van der Waals surface area contributed by atoms with Crippen molar-refractivity contribution in [3.63, 3.8) is 0 Å². The second-order valence-electron chi connectivity index (χ2n) is 10.7. The molecule has 68 heavy (non-hydrogen) atoms. The van der Waals surface area contributed by atoms with Crippen LogP contribution in [0.3, 0.4) is 0 Å². The van der Waals surface area contributed by atoms with Crippen LogP contribution in [-0.4, -0.2) is 66.4 Å². The van der Waals surface area contributed by atoms with E-state index in [0.29, 0.717) is 0 Å². The predicted molar refractivity (Wildman–Crippen MR) is 231 cm³/mol. The molecular weight excluding hydrogens is 1080 g/mol. The van der Waals surface area contributed by atoms with Crippen molar-refractivity contribution in [2.45, 2.75) is 25.7 Å². The number of rotatable bonds is 6. The number of pyridine rings is 5.